The second-order valence-electron chi connectivity index (χ2n) is 19.5. The molecule has 0 aliphatic carbocycles. The highest BCUT2D eigenvalue weighted by Crippen LogP contribution is 2.47. The minimum Gasteiger partial charge on any atom is -0.493 e. The van der Waals surface area contributed by atoms with Gasteiger partial charge in [-0.1, -0.05) is 24.3 Å². The van der Waals surface area contributed by atoms with Crippen LogP contribution in [0.5, 0.6) is 23.0 Å². The molecule has 6 aromatic rings. The summed E-state index contributed by atoms with van der Waals surface area (Å²) in [5.74, 6) is -31.4. The molecule has 14 nitrogen and oxygen atoms in total. The second kappa shape index (κ2) is 23.1. The highest BCUT2D eigenvalue weighted by Gasteiger charge is 2.39. The monoisotopic (exact) mass is 1310 g/mol. The molecule has 2 saturated heterocycles. The molecular weight excluding hydrogens is 1280 g/mol. The molecule has 4 aliphatic heterocycles. The van der Waals surface area contributed by atoms with E-state index in [2.05, 4.69) is 8.37 Å². The van der Waals surface area contributed by atoms with Crippen LogP contribution < -0.4 is 27.6 Å². The fraction of sp³-hybridized carbons (Fsp3) is 0.308. The van der Waals surface area contributed by atoms with E-state index in [1.807, 2.05) is 0 Å². The van der Waals surface area contributed by atoms with Crippen LogP contribution in [0.1, 0.15) is 58.1 Å². The molecular formula is C52H38F16N2O12S4. The van der Waals surface area contributed by atoms with Crippen LogP contribution in [0.15, 0.2) is 82.6 Å². The second-order valence-corrected chi connectivity index (χ2v) is 27.2. The third kappa shape index (κ3) is 12.6. The topological polar surface area (TPSA) is 180 Å². The number of rotatable bonds is 10. The Hall–Kier alpha value is -7.20. The third-order valence-electron chi connectivity index (χ3n) is 14.2. The molecule has 2 fully saturated rings. The van der Waals surface area contributed by atoms with Crippen LogP contribution in [0.25, 0.3) is 0 Å². The van der Waals surface area contributed by atoms with Gasteiger partial charge in [0.15, 0.2) is 19.7 Å². The molecule has 6 aromatic carbocycles. The van der Waals surface area contributed by atoms with E-state index in [1.165, 1.54) is 34.1 Å². The van der Waals surface area contributed by atoms with E-state index in [0.717, 1.165) is 48.5 Å². The maximum absolute atomic E-state index is 14.1. The molecule has 4 aliphatic rings. The van der Waals surface area contributed by atoms with Gasteiger partial charge in [0.25, 0.3) is 0 Å². The zero-order valence-electron chi connectivity index (χ0n) is 43.0. The number of hydrogen-bond acceptors (Lipinski definition) is 14. The lowest BCUT2D eigenvalue weighted by molar-refractivity contribution is -0.138. The molecule has 0 spiro atoms. The molecule has 0 amide bonds. The largest absolute Gasteiger partial charge is 0.493 e. The summed E-state index contributed by atoms with van der Waals surface area (Å²) >= 11 is 0. The van der Waals surface area contributed by atoms with Gasteiger partial charge in [-0.3, -0.25) is 0 Å². The van der Waals surface area contributed by atoms with E-state index >= 15 is 0 Å². The fourth-order valence-corrected chi connectivity index (χ4v) is 14.1. The summed E-state index contributed by atoms with van der Waals surface area (Å²) in [6.45, 7) is -0.321. The number of ether oxygens (including phenoxy) is 2. The van der Waals surface area contributed by atoms with Gasteiger partial charge < -0.3 is 27.6 Å². The van der Waals surface area contributed by atoms with Crippen molar-refractivity contribution in [2.24, 2.45) is 0 Å². The van der Waals surface area contributed by atoms with Gasteiger partial charge in [0.1, 0.15) is 21.3 Å². The van der Waals surface area contributed by atoms with E-state index in [1.54, 1.807) is 0 Å². The van der Waals surface area contributed by atoms with E-state index in [9.17, 15) is 104 Å². The first-order chi connectivity index (χ1) is 40.0. The SMILES string of the molecule is O=S1(=O)CCN(c2cc(C(F)(F)F)ccc2[C@@H]2CCOc3cc(S(=O)(=O)Oc4c(F)c(F)c(F)c(F)c4F)ccc32)CC1.O=S1(=O)CCN(c2cc(C(F)(F)F)ccc2[C@H]2CCOc3cc(S(=O)(=O)Oc4c(F)c(F)c(F)c(F)c4F)ccc32)CC1. The average molecular weight is 1320 g/mol. The molecule has 0 N–H and O–H groups in total. The molecule has 464 valence electrons. The lowest BCUT2D eigenvalue weighted by Crippen LogP contribution is -2.41. The highest BCUT2D eigenvalue weighted by atomic mass is 32.2. The average Bonchev–Trinajstić information content (AvgIpc) is 2.53. The molecule has 0 unspecified atom stereocenters. The molecule has 4 heterocycles. The number of fused-ring (bicyclic) bond motifs is 2. The molecule has 34 heteroatoms. The van der Waals surface area contributed by atoms with Crippen LogP contribution >= 0.6 is 0 Å². The highest BCUT2D eigenvalue weighted by molar-refractivity contribution is 7.91. The van der Waals surface area contributed by atoms with Crippen molar-refractivity contribution in [3.8, 4) is 23.0 Å². The Morgan fingerprint density at radius 3 is 1.01 bits per heavy atom. The smallest absolute Gasteiger partial charge is 0.416 e. The van der Waals surface area contributed by atoms with Crippen LogP contribution in [0, 0.1) is 58.2 Å². The van der Waals surface area contributed by atoms with Crippen LogP contribution in [0.2, 0.25) is 0 Å². The van der Waals surface area contributed by atoms with E-state index in [0.29, 0.717) is 22.3 Å². The number of benzene rings is 6. The molecule has 0 saturated carbocycles. The summed E-state index contributed by atoms with van der Waals surface area (Å²) in [5, 5.41) is 0. The number of alkyl halides is 6. The lowest BCUT2D eigenvalue weighted by Gasteiger charge is -2.34. The van der Waals surface area contributed by atoms with Gasteiger partial charge >= 0.3 is 32.6 Å². The van der Waals surface area contributed by atoms with E-state index < -0.39 is 155 Å². The quantitative estimate of drug-likeness (QED) is 0.0547. The number of sulfone groups is 2. The Bertz CT molecular complexity index is 3840. The third-order valence-corrected chi connectivity index (χ3v) is 19.8. The zero-order chi connectivity index (χ0) is 63.0. The maximum atomic E-state index is 14.1. The zero-order valence-corrected chi connectivity index (χ0v) is 46.3. The molecule has 2 atom stereocenters. The predicted molar refractivity (Wildman–Crippen MR) is 270 cm³/mol. The number of nitrogens with zero attached hydrogens (tertiary/aromatic N) is 2. The van der Waals surface area contributed by atoms with Gasteiger partial charge in [0, 0.05) is 72.6 Å². The van der Waals surface area contributed by atoms with Crippen LogP contribution in [-0.4, -0.2) is 96.1 Å². The molecule has 0 aromatic heterocycles. The van der Waals surface area contributed by atoms with Crippen molar-refractivity contribution in [2.45, 2.75) is 46.8 Å². The maximum Gasteiger partial charge on any atom is 0.416 e. The molecule has 86 heavy (non-hydrogen) atoms. The van der Waals surface area contributed by atoms with Crippen LogP contribution in [-0.2, 0) is 52.3 Å². The predicted octanol–water partition coefficient (Wildman–Crippen LogP) is 10.6. The lowest BCUT2D eigenvalue weighted by atomic mass is 9.85. The number of hydrogen-bond donors (Lipinski definition) is 0. The minimum atomic E-state index is -5.18. The standard InChI is InChI=1S/2C26H19F8NO6S2/c2*27-20-21(28)23(30)25(24(31)22(20)29)41-43(38,39)14-2-4-17-15(5-8-40-19(17)12-14)16-3-1-13(26(32,33)34)11-18(16)35-6-9-42(36,37)10-7-35/h2*1-4,11-12,15H,5-10H2/t2*15-/m10/s1. The normalized spacial score (nSPS) is 18.6. The van der Waals surface area contributed by atoms with Crippen molar-refractivity contribution in [1.29, 1.82) is 0 Å². The van der Waals surface area contributed by atoms with Crippen LogP contribution in [0.4, 0.5) is 81.6 Å². The summed E-state index contributed by atoms with van der Waals surface area (Å²) < 4.78 is 337. The van der Waals surface area contributed by atoms with Crippen molar-refractivity contribution < 1.29 is 122 Å². The van der Waals surface area contributed by atoms with E-state index in [-0.39, 0.29) is 98.1 Å². The first kappa shape index (κ1) is 63.3. The van der Waals surface area contributed by atoms with Gasteiger partial charge in [-0.25, -0.2) is 43.2 Å². The molecule has 0 radical (unpaired) electrons. The van der Waals surface area contributed by atoms with E-state index in [4.69, 9.17) is 9.47 Å². The Balaban J connectivity index is 0.000000205. The molecule has 0 bridgehead atoms. The summed E-state index contributed by atoms with van der Waals surface area (Å²) in [5.41, 5.74) is -0.269. The summed E-state index contributed by atoms with van der Waals surface area (Å²) in [6.07, 6.45) is -8.93. The van der Waals surface area contributed by atoms with Gasteiger partial charge in [-0.05, 0) is 60.4 Å². The Morgan fingerprint density at radius 2 is 0.709 bits per heavy atom. The number of halogens is 16. The van der Waals surface area contributed by atoms with Gasteiger partial charge in [-0.15, -0.1) is 0 Å². The minimum absolute atomic E-state index is 0.0471. The fourth-order valence-electron chi connectivity index (χ4n) is 9.81. The van der Waals surface area contributed by atoms with Gasteiger partial charge in [0.2, 0.25) is 69.7 Å². The number of anilines is 2. The summed E-state index contributed by atoms with van der Waals surface area (Å²) in [7, 11) is -17.1. The van der Waals surface area contributed by atoms with Gasteiger partial charge in [-0.2, -0.15) is 60.7 Å². The van der Waals surface area contributed by atoms with Crippen molar-refractivity contribution in [2.75, 3.05) is 72.2 Å². The Kier molecular flexibility index (Phi) is 17.0. The van der Waals surface area contributed by atoms with Crippen molar-refractivity contribution in [1.82, 2.24) is 0 Å². The first-order valence-electron chi connectivity index (χ1n) is 24.8. The van der Waals surface area contributed by atoms with Crippen molar-refractivity contribution in [3.05, 3.63) is 164 Å². The van der Waals surface area contributed by atoms with Crippen molar-refractivity contribution in [3.63, 3.8) is 0 Å². The van der Waals surface area contributed by atoms with Crippen molar-refractivity contribution >= 4 is 51.3 Å². The Labute approximate surface area is 477 Å². The van der Waals surface area contributed by atoms with Crippen LogP contribution in [0.3, 0.4) is 0 Å². The van der Waals surface area contributed by atoms with Gasteiger partial charge in [0.05, 0.1) is 47.4 Å². The Morgan fingerprint density at radius 1 is 0.419 bits per heavy atom. The molecule has 10 rings (SSSR count). The summed E-state index contributed by atoms with van der Waals surface area (Å²) in [4.78, 5) is 1.50. The first-order valence-corrected chi connectivity index (χ1v) is 31.2. The summed E-state index contributed by atoms with van der Waals surface area (Å²) in [6, 6.07) is 12.1.